The lowest BCUT2D eigenvalue weighted by molar-refractivity contribution is 0.220. The first kappa shape index (κ1) is 13.1. The summed E-state index contributed by atoms with van der Waals surface area (Å²) in [5.41, 5.74) is 6.25. The topological polar surface area (TPSA) is 71.2 Å². The molecule has 1 aromatic rings. The van der Waals surface area contributed by atoms with Crippen molar-refractivity contribution in [1.29, 1.82) is 0 Å². The van der Waals surface area contributed by atoms with Crippen LogP contribution in [0.4, 0.5) is 11.5 Å². The first-order valence-electron chi connectivity index (χ1n) is 5.21. The number of hydrogen-bond acceptors (Lipinski definition) is 4. The van der Waals surface area contributed by atoms with Gasteiger partial charge in [0.15, 0.2) is 0 Å². The number of nitrogens with one attached hydrogen (secondary N) is 1. The third-order valence-electron chi connectivity index (χ3n) is 2.35. The molecule has 0 radical (unpaired) electrons. The highest BCUT2D eigenvalue weighted by molar-refractivity contribution is 6.29. The number of hydrogen-bond donors (Lipinski definition) is 3. The van der Waals surface area contributed by atoms with Gasteiger partial charge in [0.25, 0.3) is 0 Å². The van der Waals surface area contributed by atoms with E-state index in [-0.39, 0.29) is 12.0 Å². The van der Waals surface area contributed by atoms with Gasteiger partial charge < -0.3 is 16.2 Å². The van der Waals surface area contributed by atoms with E-state index in [9.17, 15) is 0 Å². The monoisotopic (exact) mass is 243 g/mol. The second-order valence-corrected chi connectivity index (χ2v) is 4.99. The van der Waals surface area contributed by atoms with Crippen LogP contribution < -0.4 is 11.1 Å². The normalized spacial score (nSPS) is 11.5. The molecule has 0 saturated carbocycles. The maximum Gasteiger partial charge on any atom is 0.133 e. The Balaban J connectivity index is 2.60. The zero-order chi connectivity index (χ0) is 12.2. The minimum Gasteiger partial charge on any atom is -0.399 e. The SMILES string of the molecule is CC(C)(CCO)CNc1cc(N)cc(Cl)n1. The minimum absolute atomic E-state index is 0.00745. The van der Waals surface area contributed by atoms with Crippen molar-refractivity contribution in [1.82, 2.24) is 4.98 Å². The molecule has 1 rings (SSSR count). The summed E-state index contributed by atoms with van der Waals surface area (Å²) < 4.78 is 0. The lowest BCUT2D eigenvalue weighted by Crippen LogP contribution is -2.24. The van der Waals surface area contributed by atoms with Gasteiger partial charge in [-0.3, -0.25) is 0 Å². The minimum atomic E-state index is 0.00745. The zero-order valence-electron chi connectivity index (χ0n) is 9.63. The van der Waals surface area contributed by atoms with Crippen LogP contribution in [0.5, 0.6) is 0 Å². The average molecular weight is 244 g/mol. The number of aliphatic hydroxyl groups is 1. The largest absolute Gasteiger partial charge is 0.399 e. The van der Waals surface area contributed by atoms with E-state index < -0.39 is 0 Å². The molecule has 4 nitrogen and oxygen atoms in total. The molecular weight excluding hydrogens is 226 g/mol. The maximum absolute atomic E-state index is 8.90. The molecule has 0 aliphatic heterocycles. The predicted molar refractivity (Wildman–Crippen MR) is 67.6 cm³/mol. The first-order valence-corrected chi connectivity index (χ1v) is 5.58. The van der Waals surface area contributed by atoms with E-state index in [4.69, 9.17) is 22.4 Å². The molecule has 0 aromatic carbocycles. The molecule has 0 amide bonds. The van der Waals surface area contributed by atoms with Crippen LogP contribution in [0.3, 0.4) is 0 Å². The molecule has 0 saturated heterocycles. The summed E-state index contributed by atoms with van der Waals surface area (Å²) in [5, 5.41) is 12.4. The van der Waals surface area contributed by atoms with Crippen molar-refractivity contribution in [2.45, 2.75) is 20.3 Å². The fourth-order valence-electron chi connectivity index (χ4n) is 1.33. The molecule has 0 aliphatic carbocycles. The summed E-state index contributed by atoms with van der Waals surface area (Å²) >= 11 is 5.79. The quantitative estimate of drug-likeness (QED) is 0.693. The van der Waals surface area contributed by atoms with Gasteiger partial charge in [0, 0.05) is 24.9 Å². The zero-order valence-corrected chi connectivity index (χ0v) is 10.4. The Kier molecular flexibility index (Phi) is 4.38. The second-order valence-electron chi connectivity index (χ2n) is 4.60. The Hall–Kier alpha value is -1.00. The van der Waals surface area contributed by atoms with Crippen LogP contribution in [0.15, 0.2) is 12.1 Å². The van der Waals surface area contributed by atoms with Crippen LogP contribution >= 0.6 is 11.6 Å². The Labute approximate surface area is 101 Å². The number of nitrogen functional groups attached to an aromatic ring is 1. The van der Waals surface area contributed by atoms with Crippen LogP contribution in [0.1, 0.15) is 20.3 Å². The molecule has 0 fully saturated rings. The van der Waals surface area contributed by atoms with Gasteiger partial charge in [0.1, 0.15) is 11.0 Å². The summed E-state index contributed by atoms with van der Waals surface area (Å²) in [7, 11) is 0. The lowest BCUT2D eigenvalue weighted by atomic mass is 9.90. The molecule has 0 unspecified atom stereocenters. The lowest BCUT2D eigenvalue weighted by Gasteiger charge is -2.24. The molecule has 0 bridgehead atoms. The Morgan fingerprint density at radius 3 is 2.75 bits per heavy atom. The molecule has 5 heteroatoms. The third-order valence-corrected chi connectivity index (χ3v) is 2.55. The van der Waals surface area contributed by atoms with E-state index in [0.717, 1.165) is 6.42 Å². The molecule has 0 atom stereocenters. The first-order chi connectivity index (χ1) is 7.43. The van der Waals surface area contributed by atoms with Crippen molar-refractivity contribution in [3.63, 3.8) is 0 Å². The number of rotatable bonds is 5. The molecular formula is C11H18ClN3O. The molecule has 1 aromatic heterocycles. The van der Waals surface area contributed by atoms with Crippen molar-refractivity contribution < 1.29 is 5.11 Å². The van der Waals surface area contributed by atoms with E-state index >= 15 is 0 Å². The highest BCUT2D eigenvalue weighted by atomic mass is 35.5. The van der Waals surface area contributed by atoms with Gasteiger partial charge in [-0.15, -0.1) is 0 Å². The van der Waals surface area contributed by atoms with Crippen LogP contribution in [-0.2, 0) is 0 Å². The fourth-order valence-corrected chi connectivity index (χ4v) is 1.55. The van der Waals surface area contributed by atoms with Gasteiger partial charge in [-0.1, -0.05) is 25.4 Å². The van der Waals surface area contributed by atoms with Gasteiger partial charge in [-0.05, 0) is 17.9 Å². The van der Waals surface area contributed by atoms with E-state index in [1.54, 1.807) is 12.1 Å². The van der Waals surface area contributed by atoms with Crippen molar-refractivity contribution in [2.24, 2.45) is 5.41 Å². The van der Waals surface area contributed by atoms with Crippen molar-refractivity contribution in [3.05, 3.63) is 17.3 Å². The molecule has 90 valence electrons. The van der Waals surface area contributed by atoms with Gasteiger partial charge in [-0.25, -0.2) is 4.98 Å². The van der Waals surface area contributed by atoms with Gasteiger partial charge in [0.05, 0.1) is 0 Å². The van der Waals surface area contributed by atoms with Gasteiger partial charge >= 0.3 is 0 Å². The Bertz CT molecular complexity index is 335. The van der Waals surface area contributed by atoms with Crippen LogP contribution in [0.2, 0.25) is 5.15 Å². The number of aromatic nitrogens is 1. The maximum atomic E-state index is 8.90. The van der Waals surface area contributed by atoms with Crippen molar-refractivity contribution in [2.75, 3.05) is 24.2 Å². The number of pyridine rings is 1. The van der Waals surface area contributed by atoms with Crippen molar-refractivity contribution >= 4 is 23.1 Å². The average Bonchev–Trinajstić information content (AvgIpc) is 2.13. The Morgan fingerprint density at radius 1 is 1.50 bits per heavy atom. The number of nitrogens with two attached hydrogens (primary N) is 1. The summed E-state index contributed by atoms with van der Waals surface area (Å²) in [6, 6.07) is 3.34. The summed E-state index contributed by atoms with van der Waals surface area (Å²) in [6.45, 7) is 5.04. The standard InChI is InChI=1S/C11H18ClN3O/c1-11(2,3-4-16)7-14-10-6-8(13)5-9(12)15-10/h5-6,16H,3-4,7H2,1-2H3,(H3,13,14,15). The van der Waals surface area contributed by atoms with E-state index in [2.05, 4.69) is 24.1 Å². The number of nitrogens with zero attached hydrogens (tertiary/aromatic N) is 1. The van der Waals surface area contributed by atoms with Crippen LogP contribution in [0, 0.1) is 5.41 Å². The van der Waals surface area contributed by atoms with E-state index in [1.807, 2.05) is 0 Å². The molecule has 0 spiro atoms. The van der Waals surface area contributed by atoms with Gasteiger partial charge in [0.2, 0.25) is 0 Å². The third kappa shape index (κ3) is 4.24. The number of halogens is 1. The smallest absolute Gasteiger partial charge is 0.133 e. The summed E-state index contributed by atoms with van der Waals surface area (Å²) in [4.78, 5) is 4.11. The second kappa shape index (κ2) is 5.37. The summed E-state index contributed by atoms with van der Waals surface area (Å²) in [5.74, 6) is 0.663. The van der Waals surface area contributed by atoms with Crippen LogP contribution in [0.25, 0.3) is 0 Å². The van der Waals surface area contributed by atoms with Crippen molar-refractivity contribution in [3.8, 4) is 0 Å². The highest BCUT2D eigenvalue weighted by Gasteiger charge is 2.16. The van der Waals surface area contributed by atoms with Gasteiger partial charge in [-0.2, -0.15) is 0 Å². The van der Waals surface area contributed by atoms with E-state index in [0.29, 0.717) is 23.2 Å². The Morgan fingerprint density at radius 2 is 2.19 bits per heavy atom. The molecule has 16 heavy (non-hydrogen) atoms. The van der Waals surface area contributed by atoms with E-state index in [1.165, 1.54) is 0 Å². The number of aliphatic hydroxyl groups excluding tert-OH is 1. The van der Waals surface area contributed by atoms with Crippen LogP contribution in [-0.4, -0.2) is 23.2 Å². The number of anilines is 2. The molecule has 4 N–H and O–H groups in total. The molecule has 0 aliphatic rings. The summed E-state index contributed by atoms with van der Waals surface area (Å²) in [6.07, 6.45) is 0.732. The highest BCUT2D eigenvalue weighted by Crippen LogP contribution is 2.21. The molecule has 1 heterocycles. The predicted octanol–water partition coefficient (Wildman–Crippen LogP) is 2.14. The fraction of sp³-hybridized carbons (Fsp3) is 0.545.